The van der Waals surface area contributed by atoms with Gasteiger partial charge < -0.3 is 10.8 Å². The number of carbonyl (C=O) groups is 3. The van der Waals surface area contributed by atoms with Gasteiger partial charge in [0.1, 0.15) is 0 Å². The predicted octanol–water partition coefficient (Wildman–Crippen LogP) is -1.85. The lowest BCUT2D eigenvalue weighted by Gasteiger charge is -2.16. The van der Waals surface area contributed by atoms with Crippen LogP contribution in [-0.4, -0.2) is 40.4 Å². The Morgan fingerprint density at radius 2 is 2.21 bits per heavy atom. The van der Waals surface area contributed by atoms with Gasteiger partial charge in [0, 0.05) is 11.6 Å². The lowest BCUT2D eigenvalue weighted by molar-refractivity contribution is -0.140. The van der Waals surface area contributed by atoms with Crippen molar-refractivity contribution in [2.45, 2.75) is 13.0 Å². The Kier molecular flexibility index (Phi) is 2.66. The third-order valence-electron chi connectivity index (χ3n) is 1.87. The molecule has 0 spiro atoms. The highest BCUT2D eigenvalue weighted by Gasteiger charge is 2.31. The van der Waals surface area contributed by atoms with Gasteiger partial charge in [-0.25, -0.2) is 0 Å². The second kappa shape index (κ2) is 3.59. The van der Waals surface area contributed by atoms with Crippen LogP contribution in [0.15, 0.2) is 11.6 Å². The van der Waals surface area contributed by atoms with Gasteiger partial charge in [-0.1, -0.05) is 0 Å². The fourth-order valence-electron chi connectivity index (χ4n) is 1.07. The van der Waals surface area contributed by atoms with Gasteiger partial charge in [-0.3, -0.25) is 19.3 Å². The molecule has 0 fully saturated rings. The summed E-state index contributed by atoms with van der Waals surface area (Å²) < 4.78 is 0. The zero-order valence-corrected chi connectivity index (χ0v) is 7.56. The Bertz CT molecular complexity index is 334. The van der Waals surface area contributed by atoms with Crippen LogP contribution < -0.4 is 5.73 Å². The summed E-state index contributed by atoms with van der Waals surface area (Å²) in [6.45, 7) is 1.09. The van der Waals surface area contributed by atoms with Crippen molar-refractivity contribution < 1.29 is 19.5 Å². The molecule has 3 amide bonds. The normalized spacial score (nSPS) is 18.4. The summed E-state index contributed by atoms with van der Waals surface area (Å²) in [5.74, 6) is -2.00. The van der Waals surface area contributed by atoms with Gasteiger partial charge in [0.15, 0.2) is 6.10 Å². The number of hydrogen-bond donors (Lipinski definition) is 2. The largest absolute Gasteiger partial charge is 0.381 e. The average Bonchev–Trinajstić information content (AvgIpc) is 2.32. The van der Waals surface area contributed by atoms with Crippen LogP contribution in [0.25, 0.3) is 0 Å². The van der Waals surface area contributed by atoms with E-state index < -0.39 is 23.8 Å². The molecule has 1 heterocycles. The number of β-amino-alcohol motifs (C(OH)–C–C–N with tert-alkyl or cyclic N) is 1. The molecular weight excluding hydrogens is 188 g/mol. The maximum absolute atomic E-state index is 11.2. The highest BCUT2D eigenvalue weighted by molar-refractivity contribution is 6.16. The second-order valence-electron chi connectivity index (χ2n) is 3.00. The minimum absolute atomic E-state index is 0.284. The lowest BCUT2D eigenvalue weighted by atomic mass is 10.3. The molecule has 1 rings (SSSR count). The summed E-state index contributed by atoms with van der Waals surface area (Å²) in [5, 5.41) is 9.06. The lowest BCUT2D eigenvalue weighted by Crippen LogP contribution is -2.43. The summed E-state index contributed by atoms with van der Waals surface area (Å²) in [7, 11) is 0. The van der Waals surface area contributed by atoms with Gasteiger partial charge in [0.25, 0.3) is 11.8 Å². The van der Waals surface area contributed by atoms with Gasteiger partial charge in [-0.2, -0.15) is 0 Å². The van der Waals surface area contributed by atoms with Crippen LogP contribution in [-0.2, 0) is 14.4 Å². The third-order valence-corrected chi connectivity index (χ3v) is 1.87. The van der Waals surface area contributed by atoms with Crippen LogP contribution in [0.5, 0.6) is 0 Å². The van der Waals surface area contributed by atoms with Crippen molar-refractivity contribution >= 4 is 17.7 Å². The number of aliphatic hydroxyl groups is 1. The molecule has 0 aromatic carbocycles. The smallest absolute Gasteiger partial charge is 0.256 e. The molecule has 6 heteroatoms. The summed E-state index contributed by atoms with van der Waals surface area (Å²) in [6.07, 6.45) is -0.363. The van der Waals surface area contributed by atoms with Crippen molar-refractivity contribution in [2.75, 3.05) is 6.54 Å². The van der Waals surface area contributed by atoms with Crippen LogP contribution >= 0.6 is 0 Å². The molecule has 0 aliphatic carbocycles. The van der Waals surface area contributed by atoms with Crippen LogP contribution in [0.4, 0.5) is 0 Å². The monoisotopic (exact) mass is 198 g/mol. The van der Waals surface area contributed by atoms with Crippen LogP contribution in [0.1, 0.15) is 6.92 Å². The Hall–Kier alpha value is -1.69. The first-order valence-electron chi connectivity index (χ1n) is 3.95. The number of amides is 3. The molecule has 0 aromatic heterocycles. The van der Waals surface area contributed by atoms with E-state index in [0.717, 1.165) is 11.0 Å². The average molecular weight is 198 g/mol. The van der Waals surface area contributed by atoms with Crippen molar-refractivity contribution in [3.8, 4) is 0 Å². The maximum atomic E-state index is 11.2. The second-order valence-corrected chi connectivity index (χ2v) is 3.00. The first-order chi connectivity index (χ1) is 6.43. The molecule has 0 bridgehead atoms. The first kappa shape index (κ1) is 10.4. The zero-order valence-electron chi connectivity index (χ0n) is 7.56. The zero-order chi connectivity index (χ0) is 10.9. The number of nitrogens with zero attached hydrogens (tertiary/aromatic N) is 1. The van der Waals surface area contributed by atoms with Crippen molar-refractivity contribution in [3.05, 3.63) is 11.6 Å². The van der Waals surface area contributed by atoms with Gasteiger partial charge in [-0.15, -0.1) is 0 Å². The number of aliphatic hydroxyl groups excluding tert-OH is 1. The predicted molar refractivity (Wildman–Crippen MR) is 45.7 cm³/mol. The third kappa shape index (κ3) is 1.80. The van der Waals surface area contributed by atoms with E-state index in [1.165, 1.54) is 6.92 Å². The van der Waals surface area contributed by atoms with E-state index in [1.807, 2.05) is 0 Å². The Balaban J connectivity index is 2.69. The first-order valence-corrected chi connectivity index (χ1v) is 3.95. The SMILES string of the molecule is CC1=CC(=O)N(CC(O)C(N)=O)C1=O. The summed E-state index contributed by atoms with van der Waals surface area (Å²) in [6, 6.07) is 0. The van der Waals surface area contributed by atoms with Gasteiger partial charge >= 0.3 is 0 Å². The molecular formula is C8H10N2O4. The molecule has 1 aliphatic heterocycles. The summed E-state index contributed by atoms with van der Waals surface area (Å²) >= 11 is 0. The Morgan fingerprint density at radius 3 is 2.57 bits per heavy atom. The minimum Gasteiger partial charge on any atom is -0.381 e. The van der Waals surface area contributed by atoms with Gasteiger partial charge in [0.2, 0.25) is 5.91 Å². The topological polar surface area (TPSA) is 101 Å². The van der Waals surface area contributed by atoms with E-state index in [-0.39, 0.29) is 12.1 Å². The molecule has 1 unspecified atom stereocenters. The summed E-state index contributed by atoms with van der Waals surface area (Å²) in [4.78, 5) is 33.6. The molecule has 0 saturated heterocycles. The number of primary amides is 1. The minimum atomic E-state index is -1.51. The quantitative estimate of drug-likeness (QED) is 0.519. The van der Waals surface area contributed by atoms with E-state index in [0.29, 0.717) is 0 Å². The molecule has 0 aromatic rings. The molecule has 14 heavy (non-hydrogen) atoms. The van der Waals surface area contributed by atoms with Crippen molar-refractivity contribution in [2.24, 2.45) is 5.73 Å². The standard InChI is InChI=1S/C8H10N2O4/c1-4-2-6(12)10(8(4)14)3-5(11)7(9)13/h2,5,11H,3H2,1H3,(H2,9,13). The van der Waals surface area contributed by atoms with Crippen molar-refractivity contribution in [1.82, 2.24) is 4.90 Å². The number of hydrogen-bond acceptors (Lipinski definition) is 4. The van der Waals surface area contributed by atoms with E-state index in [1.54, 1.807) is 0 Å². The molecule has 0 saturated carbocycles. The van der Waals surface area contributed by atoms with E-state index >= 15 is 0 Å². The number of imide groups is 1. The molecule has 3 N–H and O–H groups in total. The van der Waals surface area contributed by atoms with Gasteiger partial charge in [0.05, 0.1) is 6.54 Å². The highest BCUT2D eigenvalue weighted by Crippen LogP contribution is 2.11. The van der Waals surface area contributed by atoms with E-state index in [9.17, 15) is 14.4 Å². The molecule has 0 radical (unpaired) electrons. The van der Waals surface area contributed by atoms with Crippen LogP contribution in [0, 0.1) is 0 Å². The molecule has 1 aliphatic rings. The number of rotatable bonds is 3. The number of nitrogens with two attached hydrogens (primary N) is 1. The maximum Gasteiger partial charge on any atom is 0.256 e. The fourth-order valence-corrected chi connectivity index (χ4v) is 1.07. The van der Waals surface area contributed by atoms with Crippen LogP contribution in [0.3, 0.4) is 0 Å². The molecule has 6 nitrogen and oxygen atoms in total. The van der Waals surface area contributed by atoms with Crippen molar-refractivity contribution in [1.29, 1.82) is 0 Å². The van der Waals surface area contributed by atoms with E-state index in [2.05, 4.69) is 0 Å². The molecule has 1 atom stereocenters. The van der Waals surface area contributed by atoms with E-state index in [4.69, 9.17) is 10.8 Å². The molecule has 76 valence electrons. The van der Waals surface area contributed by atoms with Gasteiger partial charge in [-0.05, 0) is 6.92 Å². The highest BCUT2D eigenvalue weighted by atomic mass is 16.3. The van der Waals surface area contributed by atoms with Crippen LogP contribution in [0.2, 0.25) is 0 Å². The summed E-state index contributed by atoms with van der Waals surface area (Å²) in [5.41, 5.74) is 5.07. The van der Waals surface area contributed by atoms with Crippen molar-refractivity contribution in [3.63, 3.8) is 0 Å². The number of carbonyl (C=O) groups excluding carboxylic acids is 3. The fraction of sp³-hybridized carbons (Fsp3) is 0.375. The Morgan fingerprint density at radius 1 is 1.64 bits per heavy atom. The Labute approximate surface area is 80.0 Å².